The predicted octanol–water partition coefficient (Wildman–Crippen LogP) is 3.32. The highest BCUT2D eigenvalue weighted by Gasteiger charge is 2.40. The minimum absolute atomic E-state index is 0.0437. The highest BCUT2D eigenvalue weighted by molar-refractivity contribution is 7.89. The first-order chi connectivity index (χ1) is 12.4. The summed E-state index contributed by atoms with van der Waals surface area (Å²) in [6.07, 6.45) is 0. The van der Waals surface area contributed by atoms with Crippen LogP contribution in [0, 0.1) is 5.82 Å². The van der Waals surface area contributed by atoms with Crippen molar-refractivity contribution in [3.63, 3.8) is 0 Å². The van der Waals surface area contributed by atoms with Gasteiger partial charge in [0.1, 0.15) is 5.82 Å². The molecular formula is C17H13ClFN3O3S. The number of nitrogens with zero attached hydrogens (tertiary/aromatic N) is 3. The van der Waals surface area contributed by atoms with E-state index in [1.165, 1.54) is 10.4 Å². The van der Waals surface area contributed by atoms with Gasteiger partial charge in [-0.05, 0) is 18.2 Å². The number of halogens is 2. The van der Waals surface area contributed by atoms with Crippen LogP contribution in [0.5, 0.6) is 0 Å². The van der Waals surface area contributed by atoms with E-state index in [1.807, 2.05) is 30.3 Å². The van der Waals surface area contributed by atoms with Gasteiger partial charge in [-0.2, -0.15) is 9.29 Å². The minimum Gasteiger partial charge on any atom is -0.339 e. The lowest BCUT2D eigenvalue weighted by molar-refractivity contribution is 0.217. The largest absolute Gasteiger partial charge is 0.339 e. The molecule has 2 aromatic carbocycles. The molecule has 0 spiro atoms. The highest BCUT2D eigenvalue weighted by atomic mass is 35.5. The van der Waals surface area contributed by atoms with Crippen LogP contribution < -0.4 is 0 Å². The first-order valence-electron chi connectivity index (χ1n) is 7.79. The summed E-state index contributed by atoms with van der Waals surface area (Å²) in [5.74, 6) is 0.0247. The molecule has 0 aliphatic carbocycles. The Morgan fingerprint density at radius 3 is 2.58 bits per heavy atom. The van der Waals surface area contributed by atoms with Crippen molar-refractivity contribution in [2.45, 2.75) is 10.8 Å². The lowest BCUT2D eigenvalue weighted by atomic mass is 10.0. The molecule has 134 valence electrons. The van der Waals surface area contributed by atoms with E-state index >= 15 is 0 Å². The Morgan fingerprint density at radius 2 is 1.88 bits per heavy atom. The van der Waals surface area contributed by atoms with Crippen molar-refractivity contribution >= 4 is 21.6 Å². The summed E-state index contributed by atoms with van der Waals surface area (Å²) in [7, 11) is -3.74. The van der Waals surface area contributed by atoms with Crippen LogP contribution in [0.25, 0.3) is 11.4 Å². The first kappa shape index (κ1) is 17.1. The van der Waals surface area contributed by atoms with Crippen LogP contribution >= 0.6 is 11.6 Å². The third-order valence-electron chi connectivity index (χ3n) is 4.20. The van der Waals surface area contributed by atoms with Crippen molar-refractivity contribution in [3.05, 3.63) is 65.3 Å². The van der Waals surface area contributed by atoms with Crippen LogP contribution in [0.15, 0.2) is 57.9 Å². The van der Waals surface area contributed by atoms with E-state index in [2.05, 4.69) is 10.1 Å². The van der Waals surface area contributed by atoms with Crippen LogP contribution in [-0.4, -0.2) is 36.0 Å². The smallest absolute Gasteiger partial charge is 0.243 e. The molecule has 0 atom stereocenters. The standard InChI is InChI=1S/C17H13ClFN3O3S/c18-14-8-13(6-7-15(14)19)26(23,24)22-9-12(10-22)17-20-16(21-25-17)11-4-2-1-3-5-11/h1-8,12H,9-10H2. The number of rotatable bonds is 4. The predicted molar refractivity (Wildman–Crippen MR) is 92.6 cm³/mol. The number of hydrogen-bond donors (Lipinski definition) is 0. The minimum atomic E-state index is -3.74. The molecule has 2 heterocycles. The molecule has 4 rings (SSSR count). The van der Waals surface area contributed by atoms with E-state index in [4.69, 9.17) is 16.1 Å². The normalized spacial score (nSPS) is 15.8. The Morgan fingerprint density at radius 1 is 1.15 bits per heavy atom. The van der Waals surface area contributed by atoms with Crippen LogP contribution in [0.4, 0.5) is 4.39 Å². The molecule has 3 aromatic rings. The molecule has 9 heteroatoms. The van der Waals surface area contributed by atoms with Crippen molar-refractivity contribution in [1.82, 2.24) is 14.4 Å². The molecular weight excluding hydrogens is 381 g/mol. The van der Waals surface area contributed by atoms with Crippen molar-refractivity contribution in [2.75, 3.05) is 13.1 Å². The fourth-order valence-electron chi connectivity index (χ4n) is 2.68. The number of benzene rings is 2. The maximum Gasteiger partial charge on any atom is 0.243 e. The zero-order chi connectivity index (χ0) is 18.3. The highest BCUT2D eigenvalue weighted by Crippen LogP contribution is 2.33. The average molecular weight is 394 g/mol. The van der Waals surface area contributed by atoms with Crippen LogP contribution in [-0.2, 0) is 10.0 Å². The Kier molecular flexibility index (Phi) is 4.26. The summed E-state index contributed by atoms with van der Waals surface area (Å²) in [6.45, 7) is 0.432. The first-order valence-corrected chi connectivity index (χ1v) is 9.61. The van der Waals surface area contributed by atoms with Gasteiger partial charge in [-0.25, -0.2) is 12.8 Å². The van der Waals surface area contributed by atoms with Gasteiger partial charge in [0.25, 0.3) is 0 Å². The van der Waals surface area contributed by atoms with E-state index in [0.29, 0.717) is 11.7 Å². The molecule has 6 nitrogen and oxygen atoms in total. The van der Waals surface area contributed by atoms with Crippen molar-refractivity contribution in [1.29, 1.82) is 0 Å². The van der Waals surface area contributed by atoms with Crippen molar-refractivity contribution < 1.29 is 17.3 Å². The average Bonchev–Trinajstić information content (AvgIpc) is 3.06. The van der Waals surface area contributed by atoms with Crippen LogP contribution in [0.1, 0.15) is 11.8 Å². The molecule has 26 heavy (non-hydrogen) atoms. The molecule has 0 radical (unpaired) electrons. The lowest BCUT2D eigenvalue weighted by Crippen LogP contribution is -2.48. The zero-order valence-corrected chi connectivity index (χ0v) is 14.9. The summed E-state index contributed by atoms with van der Waals surface area (Å²) in [6, 6.07) is 12.7. The summed E-state index contributed by atoms with van der Waals surface area (Å²) in [5.41, 5.74) is 0.826. The molecule has 1 aliphatic rings. The van der Waals surface area contributed by atoms with E-state index in [-0.39, 0.29) is 28.9 Å². The van der Waals surface area contributed by atoms with Crippen molar-refractivity contribution in [2.24, 2.45) is 0 Å². The fourth-order valence-corrected chi connectivity index (χ4v) is 4.49. The summed E-state index contributed by atoms with van der Waals surface area (Å²) in [5, 5.41) is 3.71. The van der Waals surface area contributed by atoms with Crippen molar-refractivity contribution in [3.8, 4) is 11.4 Å². The Balaban J connectivity index is 1.48. The molecule has 0 N–H and O–H groups in total. The molecule has 1 saturated heterocycles. The van der Waals surface area contributed by atoms with Gasteiger partial charge < -0.3 is 4.52 Å². The summed E-state index contributed by atoms with van der Waals surface area (Å²) < 4.78 is 44.9. The van der Waals surface area contributed by atoms with E-state index in [1.54, 1.807) is 0 Å². The van der Waals surface area contributed by atoms with E-state index < -0.39 is 15.8 Å². The summed E-state index contributed by atoms with van der Waals surface area (Å²) in [4.78, 5) is 4.30. The fraction of sp³-hybridized carbons (Fsp3) is 0.176. The maximum atomic E-state index is 13.2. The molecule has 0 saturated carbocycles. The quantitative estimate of drug-likeness (QED) is 0.679. The number of aromatic nitrogens is 2. The molecule has 0 bridgehead atoms. The molecule has 1 fully saturated rings. The second-order valence-electron chi connectivity index (χ2n) is 5.92. The second kappa shape index (κ2) is 6.46. The Labute approximate surface area is 154 Å². The van der Waals surface area contributed by atoms with Crippen LogP contribution in [0.2, 0.25) is 5.02 Å². The van der Waals surface area contributed by atoms with Gasteiger partial charge in [0.2, 0.25) is 21.7 Å². The monoisotopic (exact) mass is 393 g/mol. The van der Waals surface area contributed by atoms with Gasteiger partial charge in [0, 0.05) is 18.7 Å². The molecule has 0 amide bonds. The second-order valence-corrected chi connectivity index (χ2v) is 8.26. The van der Waals surface area contributed by atoms with Gasteiger partial charge in [0.15, 0.2) is 0 Å². The van der Waals surface area contributed by atoms with Gasteiger partial charge in [-0.3, -0.25) is 0 Å². The Hall–Kier alpha value is -2.29. The van der Waals surface area contributed by atoms with Gasteiger partial charge in [-0.15, -0.1) is 0 Å². The topological polar surface area (TPSA) is 76.3 Å². The third kappa shape index (κ3) is 3.00. The third-order valence-corrected chi connectivity index (χ3v) is 6.32. The zero-order valence-electron chi connectivity index (χ0n) is 13.3. The van der Waals surface area contributed by atoms with Gasteiger partial charge in [-0.1, -0.05) is 47.1 Å². The van der Waals surface area contributed by atoms with Gasteiger partial charge >= 0.3 is 0 Å². The SMILES string of the molecule is O=S(=O)(c1ccc(F)c(Cl)c1)N1CC(c2nc(-c3ccccc3)no2)C1. The van der Waals surface area contributed by atoms with E-state index in [9.17, 15) is 12.8 Å². The molecule has 0 unspecified atom stereocenters. The Bertz CT molecular complexity index is 1050. The van der Waals surface area contributed by atoms with E-state index in [0.717, 1.165) is 17.7 Å². The molecule has 1 aromatic heterocycles. The lowest BCUT2D eigenvalue weighted by Gasteiger charge is -2.35. The number of hydrogen-bond acceptors (Lipinski definition) is 5. The van der Waals surface area contributed by atoms with Gasteiger partial charge in [0.05, 0.1) is 15.8 Å². The molecule has 1 aliphatic heterocycles. The van der Waals surface area contributed by atoms with Crippen LogP contribution in [0.3, 0.4) is 0 Å². The summed E-state index contributed by atoms with van der Waals surface area (Å²) >= 11 is 5.68. The number of sulfonamides is 1. The maximum absolute atomic E-state index is 13.2.